The summed E-state index contributed by atoms with van der Waals surface area (Å²) in [5.41, 5.74) is 8.42. The zero-order chi connectivity index (χ0) is 14.1. The summed E-state index contributed by atoms with van der Waals surface area (Å²) in [5, 5.41) is 2.67. The van der Waals surface area contributed by atoms with Crippen LogP contribution < -0.4 is 11.1 Å². The summed E-state index contributed by atoms with van der Waals surface area (Å²) in [4.78, 5) is 11.0. The van der Waals surface area contributed by atoms with Crippen molar-refractivity contribution in [2.75, 3.05) is 5.32 Å². The Morgan fingerprint density at radius 1 is 0.944 bits per heavy atom. The molecular formula is C15H24N2O. The second-order valence-electron chi connectivity index (χ2n) is 6.79. The molecule has 0 heterocycles. The van der Waals surface area contributed by atoms with E-state index in [1.807, 2.05) is 12.1 Å². The summed E-state index contributed by atoms with van der Waals surface area (Å²) in [6.45, 7) is 12.9. The molecule has 100 valence electrons. The predicted octanol–water partition coefficient (Wildman–Crippen LogP) is 3.77. The second kappa shape index (κ2) is 4.63. The average Bonchev–Trinajstić information content (AvgIpc) is 2.13. The van der Waals surface area contributed by atoms with E-state index < -0.39 is 6.03 Å². The van der Waals surface area contributed by atoms with Crippen molar-refractivity contribution in [2.24, 2.45) is 5.73 Å². The van der Waals surface area contributed by atoms with Crippen LogP contribution >= 0.6 is 0 Å². The van der Waals surface area contributed by atoms with Gasteiger partial charge in [0.25, 0.3) is 0 Å². The van der Waals surface area contributed by atoms with Gasteiger partial charge >= 0.3 is 6.03 Å². The fourth-order valence-electron chi connectivity index (χ4n) is 1.71. The Morgan fingerprint density at radius 3 is 1.61 bits per heavy atom. The number of carbonyl (C=O) groups is 1. The number of benzene rings is 1. The Balaban J connectivity index is 3.34. The molecule has 18 heavy (non-hydrogen) atoms. The van der Waals surface area contributed by atoms with Crippen molar-refractivity contribution in [1.29, 1.82) is 0 Å². The summed E-state index contributed by atoms with van der Waals surface area (Å²) in [6, 6.07) is 5.65. The number of nitrogens with two attached hydrogens (primary N) is 1. The van der Waals surface area contributed by atoms with E-state index in [-0.39, 0.29) is 10.8 Å². The molecule has 1 rings (SSSR count). The number of urea groups is 1. The standard InChI is InChI=1S/C15H24N2O/c1-14(2,3)10-7-11(15(4,5)6)9-12(8-10)17-13(16)18/h7-9H,1-6H3,(H3,16,17,18). The van der Waals surface area contributed by atoms with E-state index in [4.69, 9.17) is 5.73 Å². The SMILES string of the molecule is CC(C)(C)c1cc(NC(N)=O)cc(C(C)(C)C)c1. The minimum absolute atomic E-state index is 0.0370. The lowest BCUT2D eigenvalue weighted by Gasteiger charge is -2.26. The fraction of sp³-hybridized carbons (Fsp3) is 0.533. The number of amides is 2. The van der Waals surface area contributed by atoms with Gasteiger partial charge in [-0.25, -0.2) is 4.79 Å². The molecule has 3 nitrogen and oxygen atoms in total. The lowest BCUT2D eigenvalue weighted by atomic mass is 9.80. The normalized spacial score (nSPS) is 12.3. The van der Waals surface area contributed by atoms with Gasteiger partial charge in [-0.1, -0.05) is 47.6 Å². The van der Waals surface area contributed by atoms with Gasteiger partial charge < -0.3 is 11.1 Å². The molecule has 0 unspecified atom stereocenters. The van der Waals surface area contributed by atoms with Crippen LogP contribution in [0.3, 0.4) is 0 Å². The number of hydrogen-bond donors (Lipinski definition) is 2. The molecule has 0 saturated carbocycles. The Labute approximate surface area is 110 Å². The number of primary amides is 1. The van der Waals surface area contributed by atoms with Gasteiger partial charge in [0, 0.05) is 5.69 Å². The maximum absolute atomic E-state index is 11.0. The van der Waals surface area contributed by atoms with Gasteiger partial charge in [-0.05, 0) is 34.1 Å². The quantitative estimate of drug-likeness (QED) is 0.781. The Kier molecular flexibility index (Phi) is 3.75. The third-order valence-electron chi connectivity index (χ3n) is 2.93. The summed E-state index contributed by atoms with van der Waals surface area (Å²) in [7, 11) is 0. The highest BCUT2D eigenvalue weighted by Gasteiger charge is 2.20. The molecule has 0 saturated heterocycles. The van der Waals surface area contributed by atoms with E-state index >= 15 is 0 Å². The third-order valence-corrected chi connectivity index (χ3v) is 2.93. The maximum Gasteiger partial charge on any atom is 0.316 e. The highest BCUT2D eigenvalue weighted by Crippen LogP contribution is 2.31. The molecule has 0 spiro atoms. The van der Waals surface area contributed by atoms with E-state index in [0.717, 1.165) is 5.69 Å². The van der Waals surface area contributed by atoms with Crippen LogP contribution in [0.25, 0.3) is 0 Å². The molecule has 0 aliphatic rings. The van der Waals surface area contributed by atoms with Crippen LogP contribution in [0, 0.1) is 0 Å². The van der Waals surface area contributed by atoms with Crippen molar-refractivity contribution in [3.05, 3.63) is 29.3 Å². The molecule has 0 aliphatic heterocycles. The first-order chi connectivity index (χ1) is 8.00. The highest BCUT2D eigenvalue weighted by atomic mass is 16.2. The van der Waals surface area contributed by atoms with Gasteiger partial charge in [0.1, 0.15) is 0 Å². The topological polar surface area (TPSA) is 55.1 Å². The molecule has 0 bridgehead atoms. The van der Waals surface area contributed by atoms with Crippen LogP contribution in [0.5, 0.6) is 0 Å². The average molecular weight is 248 g/mol. The van der Waals surface area contributed by atoms with Crippen LogP contribution in [0.15, 0.2) is 18.2 Å². The van der Waals surface area contributed by atoms with Crippen molar-refractivity contribution in [2.45, 2.75) is 52.4 Å². The summed E-state index contributed by atoms with van der Waals surface area (Å²) < 4.78 is 0. The molecule has 3 N–H and O–H groups in total. The van der Waals surface area contributed by atoms with Gasteiger partial charge in [0.05, 0.1) is 0 Å². The summed E-state index contributed by atoms with van der Waals surface area (Å²) in [5.74, 6) is 0. The Morgan fingerprint density at radius 2 is 1.33 bits per heavy atom. The summed E-state index contributed by atoms with van der Waals surface area (Å²) >= 11 is 0. The smallest absolute Gasteiger partial charge is 0.316 e. The number of nitrogens with one attached hydrogen (secondary N) is 1. The van der Waals surface area contributed by atoms with Gasteiger partial charge in [0.15, 0.2) is 0 Å². The first-order valence-electron chi connectivity index (χ1n) is 6.22. The van der Waals surface area contributed by atoms with E-state index in [9.17, 15) is 4.79 Å². The molecule has 0 aliphatic carbocycles. The minimum Gasteiger partial charge on any atom is -0.351 e. The lowest BCUT2D eigenvalue weighted by Crippen LogP contribution is -2.22. The molecule has 3 heteroatoms. The van der Waals surface area contributed by atoms with Crippen LogP contribution in [-0.4, -0.2) is 6.03 Å². The van der Waals surface area contributed by atoms with Gasteiger partial charge in [0.2, 0.25) is 0 Å². The molecule has 0 radical (unpaired) electrons. The van der Waals surface area contributed by atoms with Crippen molar-refractivity contribution in [1.82, 2.24) is 0 Å². The van der Waals surface area contributed by atoms with Crippen molar-refractivity contribution in [3.63, 3.8) is 0 Å². The molecule has 2 amide bonds. The van der Waals surface area contributed by atoms with Crippen LogP contribution in [0.4, 0.5) is 10.5 Å². The summed E-state index contributed by atoms with van der Waals surface area (Å²) in [6.07, 6.45) is 0. The van der Waals surface area contributed by atoms with Crippen molar-refractivity contribution < 1.29 is 4.79 Å². The molecule has 1 aromatic carbocycles. The van der Waals surface area contributed by atoms with Crippen molar-refractivity contribution in [3.8, 4) is 0 Å². The number of anilines is 1. The lowest BCUT2D eigenvalue weighted by molar-refractivity contribution is 0.259. The zero-order valence-corrected chi connectivity index (χ0v) is 12.2. The van der Waals surface area contributed by atoms with E-state index in [1.165, 1.54) is 11.1 Å². The monoisotopic (exact) mass is 248 g/mol. The van der Waals surface area contributed by atoms with Crippen LogP contribution in [0.2, 0.25) is 0 Å². The van der Waals surface area contributed by atoms with Gasteiger partial charge in [-0.3, -0.25) is 0 Å². The first kappa shape index (κ1) is 14.6. The van der Waals surface area contributed by atoms with Gasteiger partial charge in [-0.15, -0.1) is 0 Å². The predicted molar refractivity (Wildman–Crippen MR) is 77.0 cm³/mol. The molecule has 0 fully saturated rings. The van der Waals surface area contributed by atoms with E-state index in [2.05, 4.69) is 52.9 Å². The third kappa shape index (κ3) is 3.76. The zero-order valence-electron chi connectivity index (χ0n) is 12.2. The minimum atomic E-state index is -0.527. The fourth-order valence-corrected chi connectivity index (χ4v) is 1.71. The second-order valence-corrected chi connectivity index (χ2v) is 6.79. The largest absolute Gasteiger partial charge is 0.351 e. The number of hydrogen-bond acceptors (Lipinski definition) is 1. The van der Waals surface area contributed by atoms with Crippen LogP contribution in [-0.2, 0) is 10.8 Å². The number of rotatable bonds is 1. The van der Waals surface area contributed by atoms with E-state index in [0.29, 0.717) is 0 Å². The van der Waals surface area contributed by atoms with E-state index in [1.54, 1.807) is 0 Å². The Hall–Kier alpha value is -1.51. The molecular weight excluding hydrogens is 224 g/mol. The molecule has 0 aromatic heterocycles. The van der Waals surface area contributed by atoms with Crippen LogP contribution in [0.1, 0.15) is 52.7 Å². The number of carbonyl (C=O) groups excluding carboxylic acids is 1. The maximum atomic E-state index is 11.0. The van der Waals surface area contributed by atoms with Gasteiger partial charge in [-0.2, -0.15) is 0 Å². The first-order valence-corrected chi connectivity index (χ1v) is 6.22. The Bertz CT molecular complexity index is 418. The van der Waals surface area contributed by atoms with Crippen molar-refractivity contribution >= 4 is 11.7 Å². The molecule has 0 atom stereocenters. The highest BCUT2D eigenvalue weighted by molar-refractivity contribution is 5.88. The molecule has 1 aromatic rings.